The highest BCUT2D eigenvalue weighted by Crippen LogP contribution is 2.35. The smallest absolute Gasteiger partial charge is 0.261 e. The van der Waals surface area contributed by atoms with E-state index in [1.165, 1.54) is 50.8 Å². The van der Waals surface area contributed by atoms with Crippen LogP contribution in [0, 0.1) is 5.82 Å². The number of nitrogens with zero attached hydrogens (tertiary/aromatic N) is 2. The Morgan fingerprint density at radius 3 is 2.69 bits per heavy atom. The fraction of sp³-hybridized carbons (Fsp3) is 0.333. The van der Waals surface area contributed by atoms with E-state index in [9.17, 15) is 9.18 Å². The third kappa shape index (κ3) is 6.27. The minimum Gasteiger partial charge on any atom is -0.484 e. The maximum atomic E-state index is 14.0. The van der Waals surface area contributed by atoms with Crippen molar-refractivity contribution in [2.45, 2.75) is 38.8 Å². The molecule has 0 radical (unpaired) electrons. The number of halogens is 3. The van der Waals surface area contributed by atoms with Gasteiger partial charge in [-0.25, -0.2) is 9.37 Å². The predicted molar refractivity (Wildman–Crippen MR) is 140 cm³/mol. The minimum atomic E-state index is -0.696. The Labute approximate surface area is 220 Å². The minimum absolute atomic E-state index is 0.112. The Bertz CT molecular complexity index is 1230. The number of hydrogen-bond acceptors (Lipinski definition) is 5. The lowest BCUT2D eigenvalue weighted by Gasteiger charge is -2.26. The standard InChI is InChI=1S/C27H28Cl2FN3O3/c1-17(24-22(28)9-10-23(30)25(24)29)36-20-14-21(27(35-2)31-15-20)26(34)32-19-8-6-7-18(13-19)16-33-11-4-3-5-12-33/h6-10,13-15,17H,3-5,11-12,16H2,1-2H3,(H,32,34)/t17-/m1/s1. The highest BCUT2D eigenvalue weighted by atomic mass is 35.5. The van der Waals surface area contributed by atoms with Crippen LogP contribution in [0.4, 0.5) is 10.1 Å². The lowest BCUT2D eigenvalue weighted by Crippen LogP contribution is -2.29. The Kier molecular flexibility index (Phi) is 8.67. The summed E-state index contributed by atoms with van der Waals surface area (Å²) >= 11 is 12.3. The summed E-state index contributed by atoms with van der Waals surface area (Å²) in [5.74, 6) is -0.557. The van der Waals surface area contributed by atoms with Gasteiger partial charge in [-0.3, -0.25) is 9.69 Å². The van der Waals surface area contributed by atoms with Crippen LogP contribution >= 0.6 is 23.2 Å². The molecule has 1 saturated heterocycles. The highest BCUT2D eigenvalue weighted by molar-refractivity contribution is 6.36. The number of ether oxygens (including phenoxy) is 2. The molecule has 0 unspecified atom stereocenters. The van der Waals surface area contributed by atoms with E-state index in [-0.39, 0.29) is 27.2 Å². The second-order valence-electron chi connectivity index (χ2n) is 8.74. The summed E-state index contributed by atoms with van der Waals surface area (Å²) in [4.78, 5) is 19.8. The fourth-order valence-corrected chi connectivity index (χ4v) is 5.00. The van der Waals surface area contributed by atoms with Crippen molar-refractivity contribution in [1.29, 1.82) is 0 Å². The van der Waals surface area contributed by atoms with Crippen molar-refractivity contribution in [1.82, 2.24) is 9.88 Å². The number of benzene rings is 2. The van der Waals surface area contributed by atoms with Crippen molar-refractivity contribution >= 4 is 34.8 Å². The van der Waals surface area contributed by atoms with E-state index in [1.807, 2.05) is 18.2 Å². The van der Waals surface area contributed by atoms with Gasteiger partial charge in [-0.15, -0.1) is 0 Å². The van der Waals surface area contributed by atoms with Crippen LogP contribution in [0.3, 0.4) is 0 Å². The number of rotatable bonds is 8. The van der Waals surface area contributed by atoms with Crippen LogP contribution in [0.2, 0.25) is 10.0 Å². The van der Waals surface area contributed by atoms with E-state index in [1.54, 1.807) is 6.92 Å². The molecule has 190 valence electrons. The molecule has 0 bridgehead atoms. The van der Waals surface area contributed by atoms with Gasteiger partial charge in [0.1, 0.15) is 23.2 Å². The molecule has 1 amide bonds. The molecular weight excluding hydrogens is 504 g/mol. The molecule has 1 aliphatic heterocycles. The van der Waals surface area contributed by atoms with Gasteiger partial charge in [0.25, 0.3) is 5.91 Å². The van der Waals surface area contributed by atoms with Crippen molar-refractivity contribution in [2.75, 3.05) is 25.5 Å². The normalized spacial score (nSPS) is 14.8. The van der Waals surface area contributed by atoms with Gasteiger partial charge in [-0.05, 0) is 68.8 Å². The van der Waals surface area contributed by atoms with Gasteiger partial charge in [-0.1, -0.05) is 41.8 Å². The molecule has 36 heavy (non-hydrogen) atoms. The van der Waals surface area contributed by atoms with Crippen LogP contribution < -0.4 is 14.8 Å². The number of likely N-dealkylation sites (tertiary alicyclic amines) is 1. The van der Waals surface area contributed by atoms with E-state index in [0.717, 1.165) is 25.2 Å². The fourth-order valence-electron chi connectivity index (χ4n) is 4.32. The number of piperidine rings is 1. The summed E-state index contributed by atoms with van der Waals surface area (Å²) in [5, 5.41) is 3.09. The third-order valence-electron chi connectivity index (χ3n) is 6.10. The number of aromatic nitrogens is 1. The molecule has 3 aromatic rings. The van der Waals surface area contributed by atoms with Crippen LogP contribution in [0.5, 0.6) is 11.6 Å². The van der Waals surface area contributed by atoms with Gasteiger partial charge >= 0.3 is 0 Å². The number of amides is 1. The zero-order valence-electron chi connectivity index (χ0n) is 20.2. The number of carbonyl (C=O) groups is 1. The Morgan fingerprint density at radius 2 is 1.94 bits per heavy atom. The Balaban J connectivity index is 1.50. The average Bonchev–Trinajstić information content (AvgIpc) is 2.87. The molecule has 2 heterocycles. The first-order chi connectivity index (χ1) is 17.4. The molecule has 0 spiro atoms. The Morgan fingerprint density at radius 1 is 1.17 bits per heavy atom. The molecule has 1 N–H and O–H groups in total. The Hall–Kier alpha value is -2.87. The number of methoxy groups -OCH3 is 1. The lowest BCUT2D eigenvalue weighted by atomic mass is 10.1. The van der Waals surface area contributed by atoms with Crippen molar-refractivity contribution in [2.24, 2.45) is 0 Å². The zero-order chi connectivity index (χ0) is 25.7. The van der Waals surface area contributed by atoms with Gasteiger partial charge in [0.2, 0.25) is 5.88 Å². The summed E-state index contributed by atoms with van der Waals surface area (Å²) in [6.07, 6.45) is 4.45. The van der Waals surface area contributed by atoms with E-state index >= 15 is 0 Å². The maximum absolute atomic E-state index is 14.0. The molecule has 1 fully saturated rings. The van der Waals surface area contributed by atoms with Crippen molar-refractivity contribution < 1.29 is 18.7 Å². The first-order valence-corrected chi connectivity index (χ1v) is 12.6. The van der Waals surface area contributed by atoms with Crippen LogP contribution in [0.1, 0.15) is 53.8 Å². The molecule has 0 saturated carbocycles. The van der Waals surface area contributed by atoms with Crippen LogP contribution in [-0.2, 0) is 6.54 Å². The quantitative estimate of drug-likeness (QED) is 0.320. The summed E-state index contributed by atoms with van der Waals surface area (Å²) in [5.41, 5.74) is 2.31. The summed E-state index contributed by atoms with van der Waals surface area (Å²) in [6.45, 7) is 4.72. The second kappa shape index (κ2) is 11.9. The molecule has 9 heteroatoms. The van der Waals surface area contributed by atoms with Crippen molar-refractivity contribution in [3.8, 4) is 11.6 Å². The van der Waals surface area contributed by atoms with E-state index < -0.39 is 17.8 Å². The first-order valence-electron chi connectivity index (χ1n) is 11.8. The van der Waals surface area contributed by atoms with E-state index in [2.05, 4.69) is 21.3 Å². The highest BCUT2D eigenvalue weighted by Gasteiger charge is 2.21. The lowest BCUT2D eigenvalue weighted by molar-refractivity contribution is 0.102. The molecule has 1 aromatic heterocycles. The summed E-state index contributed by atoms with van der Waals surface area (Å²) in [7, 11) is 1.44. The van der Waals surface area contributed by atoms with Gasteiger partial charge in [0.05, 0.1) is 18.3 Å². The van der Waals surface area contributed by atoms with Gasteiger partial charge in [-0.2, -0.15) is 0 Å². The molecule has 0 aliphatic carbocycles. The SMILES string of the molecule is COc1ncc(O[C@H](C)c2c(Cl)ccc(F)c2Cl)cc1C(=O)Nc1cccc(CN2CCCCC2)c1. The van der Waals surface area contributed by atoms with Gasteiger partial charge in [0, 0.05) is 22.8 Å². The zero-order valence-corrected chi connectivity index (χ0v) is 21.7. The number of hydrogen-bond donors (Lipinski definition) is 1. The van der Waals surface area contributed by atoms with Crippen molar-refractivity contribution in [3.63, 3.8) is 0 Å². The van der Waals surface area contributed by atoms with Crippen LogP contribution in [0.15, 0.2) is 48.7 Å². The van der Waals surface area contributed by atoms with Gasteiger partial charge in [0.15, 0.2) is 0 Å². The molecule has 2 aromatic carbocycles. The summed E-state index contributed by atoms with van der Waals surface area (Å²) in [6, 6.07) is 11.9. The first kappa shape index (κ1) is 26.2. The monoisotopic (exact) mass is 531 g/mol. The third-order valence-corrected chi connectivity index (χ3v) is 6.82. The largest absolute Gasteiger partial charge is 0.484 e. The molecule has 6 nitrogen and oxygen atoms in total. The maximum Gasteiger partial charge on any atom is 0.261 e. The average molecular weight is 532 g/mol. The predicted octanol–water partition coefficient (Wildman–Crippen LogP) is 6.91. The molecule has 1 atom stereocenters. The number of anilines is 1. The van der Waals surface area contributed by atoms with E-state index in [0.29, 0.717) is 11.3 Å². The second-order valence-corrected chi connectivity index (χ2v) is 9.52. The molecular formula is C27H28Cl2FN3O3. The number of nitrogens with one attached hydrogen (secondary N) is 1. The number of pyridine rings is 1. The topological polar surface area (TPSA) is 63.7 Å². The van der Waals surface area contributed by atoms with Crippen LogP contribution in [-0.4, -0.2) is 36.0 Å². The van der Waals surface area contributed by atoms with Crippen LogP contribution in [0.25, 0.3) is 0 Å². The molecule has 4 rings (SSSR count). The van der Waals surface area contributed by atoms with E-state index in [4.69, 9.17) is 32.7 Å². The van der Waals surface area contributed by atoms with Gasteiger partial charge < -0.3 is 14.8 Å². The molecule has 1 aliphatic rings. The number of carbonyl (C=O) groups excluding carboxylic acids is 1. The van der Waals surface area contributed by atoms with Crippen molar-refractivity contribution in [3.05, 3.63) is 81.2 Å². The summed E-state index contributed by atoms with van der Waals surface area (Å²) < 4.78 is 25.2.